The van der Waals surface area contributed by atoms with E-state index in [-0.39, 0.29) is 18.1 Å². The van der Waals surface area contributed by atoms with Crippen LogP contribution in [-0.4, -0.2) is 35.0 Å². The highest BCUT2D eigenvalue weighted by Gasteiger charge is 2.33. The van der Waals surface area contributed by atoms with E-state index in [2.05, 4.69) is 0 Å². The van der Waals surface area contributed by atoms with Crippen LogP contribution in [0.1, 0.15) is 18.4 Å². The lowest BCUT2D eigenvalue weighted by atomic mass is 10.1. The molecular weight excluding hydrogens is 249 g/mol. The van der Waals surface area contributed by atoms with Crippen molar-refractivity contribution >= 4 is 11.9 Å². The number of rotatable bonds is 5. The number of hydrogen-bond donors (Lipinski definition) is 1. The maximum absolute atomic E-state index is 12.7. The zero-order valence-electron chi connectivity index (χ0n) is 10.5. The fourth-order valence-corrected chi connectivity index (χ4v) is 2.28. The van der Waals surface area contributed by atoms with Gasteiger partial charge in [0.25, 0.3) is 0 Å². The Bertz CT molecular complexity index is 472. The predicted molar refractivity (Wildman–Crippen MR) is 67.0 cm³/mol. The van der Waals surface area contributed by atoms with Gasteiger partial charge in [-0.2, -0.15) is 0 Å². The third-order valence-electron chi connectivity index (χ3n) is 3.37. The Kier molecular flexibility index (Phi) is 4.14. The molecule has 1 aromatic rings. The van der Waals surface area contributed by atoms with Gasteiger partial charge in [0, 0.05) is 19.5 Å². The molecular formula is C14H16FNO3. The van der Waals surface area contributed by atoms with E-state index in [1.165, 1.54) is 12.1 Å². The Hall–Kier alpha value is -1.91. The number of carbonyl (C=O) groups excluding carboxylic acids is 1. The number of aryl methyl sites for hydroxylation is 1. The van der Waals surface area contributed by atoms with Crippen LogP contribution in [0.15, 0.2) is 24.3 Å². The van der Waals surface area contributed by atoms with Crippen molar-refractivity contribution in [2.75, 3.05) is 13.1 Å². The molecule has 19 heavy (non-hydrogen) atoms. The first-order valence-corrected chi connectivity index (χ1v) is 6.31. The minimum absolute atomic E-state index is 0.0912. The number of carbonyl (C=O) groups is 2. The molecule has 0 saturated carbocycles. The zero-order chi connectivity index (χ0) is 13.8. The van der Waals surface area contributed by atoms with Crippen LogP contribution in [-0.2, 0) is 16.0 Å². The molecule has 1 aliphatic rings. The number of nitrogens with zero attached hydrogens (tertiary/aromatic N) is 1. The van der Waals surface area contributed by atoms with Crippen LogP contribution < -0.4 is 0 Å². The zero-order valence-corrected chi connectivity index (χ0v) is 10.5. The van der Waals surface area contributed by atoms with E-state index in [0.29, 0.717) is 13.1 Å². The molecule has 1 aromatic carbocycles. The minimum Gasteiger partial charge on any atom is -0.481 e. The largest absolute Gasteiger partial charge is 0.481 e. The number of carboxylic acids is 1. The van der Waals surface area contributed by atoms with Gasteiger partial charge in [0.1, 0.15) is 5.82 Å². The molecule has 1 fully saturated rings. The second kappa shape index (κ2) is 5.82. The van der Waals surface area contributed by atoms with Crippen LogP contribution in [0.2, 0.25) is 0 Å². The van der Waals surface area contributed by atoms with E-state index in [1.807, 2.05) is 0 Å². The smallest absolute Gasteiger partial charge is 0.308 e. The van der Waals surface area contributed by atoms with Crippen LogP contribution in [0, 0.1) is 11.7 Å². The van der Waals surface area contributed by atoms with Gasteiger partial charge in [-0.1, -0.05) is 12.1 Å². The lowest BCUT2D eigenvalue weighted by Gasteiger charge is -2.15. The standard InChI is InChI=1S/C14H16FNO3/c15-12-5-3-10(4-6-12)2-1-7-16-9-11(14(18)19)8-13(16)17/h3-6,11H,1-2,7-9H2,(H,18,19). The van der Waals surface area contributed by atoms with E-state index in [9.17, 15) is 14.0 Å². The lowest BCUT2D eigenvalue weighted by Crippen LogP contribution is -2.27. The van der Waals surface area contributed by atoms with Gasteiger partial charge in [0.05, 0.1) is 5.92 Å². The molecule has 1 saturated heterocycles. The molecule has 0 radical (unpaired) electrons. The van der Waals surface area contributed by atoms with Crippen molar-refractivity contribution in [1.82, 2.24) is 4.90 Å². The number of halogens is 1. The predicted octanol–water partition coefficient (Wildman–Crippen LogP) is 1.69. The number of carboxylic acid groups (broad SMARTS) is 1. The first-order valence-electron chi connectivity index (χ1n) is 6.31. The Balaban J connectivity index is 1.78. The maximum atomic E-state index is 12.7. The fraction of sp³-hybridized carbons (Fsp3) is 0.429. The molecule has 0 bridgehead atoms. The Labute approximate surface area is 110 Å². The van der Waals surface area contributed by atoms with Gasteiger partial charge in [-0.25, -0.2) is 4.39 Å². The van der Waals surface area contributed by atoms with Gasteiger partial charge < -0.3 is 10.0 Å². The third kappa shape index (κ3) is 3.53. The van der Waals surface area contributed by atoms with E-state index in [0.717, 1.165) is 18.4 Å². The monoisotopic (exact) mass is 265 g/mol. The number of hydrogen-bond acceptors (Lipinski definition) is 2. The quantitative estimate of drug-likeness (QED) is 0.881. The van der Waals surface area contributed by atoms with E-state index >= 15 is 0 Å². The molecule has 1 atom stereocenters. The molecule has 4 nitrogen and oxygen atoms in total. The number of likely N-dealkylation sites (tertiary alicyclic amines) is 1. The Morgan fingerprint density at radius 3 is 2.63 bits per heavy atom. The summed E-state index contributed by atoms with van der Waals surface area (Å²) in [6.07, 6.45) is 1.61. The molecule has 0 aromatic heterocycles. The average molecular weight is 265 g/mol. The second-order valence-electron chi connectivity index (χ2n) is 4.81. The highest BCUT2D eigenvalue weighted by Crippen LogP contribution is 2.18. The van der Waals surface area contributed by atoms with Crippen LogP contribution in [0.5, 0.6) is 0 Å². The molecule has 1 heterocycles. The van der Waals surface area contributed by atoms with E-state index in [4.69, 9.17) is 5.11 Å². The summed E-state index contributed by atoms with van der Waals surface area (Å²) in [5.74, 6) is -1.83. The number of benzene rings is 1. The highest BCUT2D eigenvalue weighted by atomic mass is 19.1. The van der Waals surface area contributed by atoms with Crippen molar-refractivity contribution in [2.45, 2.75) is 19.3 Å². The SMILES string of the molecule is O=C(O)C1CC(=O)N(CCCc2ccc(F)cc2)C1. The van der Waals surface area contributed by atoms with Crippen molar-refractivity contribution in [1.29, 1.82) is 0 Å². The lowest BCUT2D eigenvalue weighted by molar-refractivity contribution is -0.141. The first-order chi connectivity index (χ1) is 9.06. The molecule has 0 spiro atoms. The van der Waals surface area contributed by atoms with Gasteiger partial charge in [-0.15, -0.1) is 0 Å². The number of amides is 1. The summed E-state index contributed by atoms with van der Waals surface area (Å²) < 4.78 is 12.7. The first kappa shape index (κ1) is 13.5. The average Bonchev–Trinajstić information content (AvgIpc) is 2.74. The Morgan fingerprint density at radius 2 is 2.05 bits per heavy atom. The Morgan fingerprint density at radius 1 is 1.37 bits per heavy atom. The summed E-state index contributed by atoms with van der Waals surface area (Å²) in [7, 11) is 0. The summed E-state index contributed by atoms with van der Waals surface area (Å²) >= 11 is 0. The normalized spacial score (nSPS) is 18.9. The summed E-state index contributed by atoms with van der Waals surface area (Å²) in [5.41, 5.74) is 1.02. The third-order valence-corrected chi connectivity index (χ3v) is 3.37. The van der Waals surface area contributed by atoms with Gasteiger partial charge in [-0.3, -0.25) is 9.59 Å². The second-order valence-corrected chi connectivity index (χ2v) is 4.81. The van der Waals surface area contributed by atoms with E-state index < -0.39 is 11.9 Å². The molecule has 1 aliphatic heterocycles. The molecule has 1 unspecified atom stereocenters. The molecule has 102 valence electrons. The molecule has 0 aliphatic carbocycles. The summed E-state index contributed by atoms with van der Waals surface area (Å²) in [4.78, 5) is 24.0. The maximum Gasteiger partial charge on any atom is 0.308 e. The van der Waals surface area contributed by atoms with Gasteiger partial charge in [0.2, 0.25) is 5.91 Å². The summed E-state index contributed by atoms with van der Waals surface area (Å²) in [6, 6.07) is 6.27. The fourth-order valence-electron chi connectivity index (χ4n) is 2.28. The van der Waals surface area contributed by atoms with Crippen molar-refractivity contribution in [3.05, 3.63) is 35.6 Å². The molecule has 2 rings (SSSR count). The van der Waals surface area contributed by atoms with Crippen LogP contribution in [0.4, 0.5) is 4.39 Å². The topological polar surface area (TPSA) is 57.6 Å². The molecule has 1 N–H and O–H groups in total. The highest BCUT2D eigenvalue weighted by molar-refractivity contribution is 5.86. The van der Waals surface area contributed by atoms with Crippen molar-refractivity contribution < 1.29 is 19.1 Å². The van der Waals surface area contributed by atoms with Gasteiger partial charge in [0.15, 0.2) is 0 Å². The van der Waals surface area contributed by atoms with Gasteiger partial charge in [-0.05, 0) is 30.5 Å². The van der Waals surface area contributed by atoms with Crippen LogP contribution in [0.25, 0.3) is 0 Å². The van der Waals surface area contributed by atoms with Crippen LogP contribution >= 0.6 is 0 Å². The molecule has 5 heteroatoms. The molecule has 1 amide bonds. The van der Waals surface area contributed by atoms with Crippen LogP contribution in [0.3, 0.4) is 0 Å². The summed E-state index contributed by atoms with van der Waals surface area (Å²) in [5, 5.41) is 8.86. The van der Waals surface area contributed by atoms with Crippen molar-refractivity contribution in [3.63, 3.8) is 0 Å². The summed E-state index contributed by atoms with van der Waals surface area (Å²) in [6.45, 7) is 0.859. The van der Waals surface area contributed by atoms with E-state index in [1.54, 1.807) is 17.0 Å². The van der Waals surface area contributed by atoms with Crippen molar-refractivity contribution in [2.24, 2.45) is 5.92 Å². The number of aliphatic carboxylic acids is 1. The van der Waals surface area contributed by atoms with Gasteiger partial charge >= 0.3 is 5.97 Å². The minimum atomic E-state index is -0.908. The van der Waals surface area contributed by atoms with Crippen molar-refractivity contribution in [3.8, 4) is 0 Å².